The highest BCUT2D eigenvalue weighted by molar-refractivity contribution is 7.10. The summed E-state index contributed by atoms with van der Waals surface area (Å²) in [6.45, 7) is 2.13. The number of hydrogen-bond acceptors (Lipinski definition) is 2. The van der Waals surface area contributed by atoms with Crippen LogP contribution in [0.5, 0.6) is 0 Å². The van der Waals surface area contributed by atoms with Crippen LogP contribution in [0.3, 0.4) is 0 Å². The molecule has 0 aliphatic carbocycles. The zero-order valence-corrected chi connectivity index (χ0v) is 16.1. The maximum Gasteiger partial charge on any atom is 0.244 e. The minimum absolute atomic E-state index is 0.127. The second-order valence-electron chi connectivity index (χ2n) is 5.94. The van der Waals surface area contributed by atoms with E-state index in [2.05, 4.69) is 36.5 Å². The molecule has 3 aromatic rings. The van der Waals surface area contributed by atoms with Gasteiger partial charge in [0.05, 0.1) is 6.04 Å². The molecular weight excluding hydrogens is 362 g/mol. The predicted octanol–water partition coefficient (Wildman–Crippen LogP) is 5.88. The van der Waals surface area contributed by atoms with Gasteiger partial charge in [-0.2, -0.15) is 0 Å². The average Bonchev–Trinajstić information content (AvgIpc) is 3.20. The second-order valence-corrected chi connectivity index (χ2v) is 7.35. The van der Waals surface area contributed by atoms with Gasteiger partial charge >= 0.3 is 0 Å². The topological polar surface area (TPSA) is 29.1 Å². The summed E-state index contributed by atoms with van der Waals surface area (Å²) in [6.07, 6.45) is 4.35. The molecular formula is C22H20ClNOS. The van der Waals surface area contributed by atoms with Crippen molar-refractivity contribution in [2.75, 3.05) is 0 Å². The Bertz CT molecular complexity index is 868. The van der Waals surface area contributed by atoms with E-state index in [1.165, 1.54) is 5.56 Å². The molecule has 4 heteroatoms. The van der Waals surface area contributed by atoms with Crippen LogP contribution in [0.1, 0.15) is 34.5 Å². The Labute approximate surface area is 163 Å². The Kier molecular flexibility index (Phi) is 6.26. The zero-order chi connectivity index (χ0) is 18.4. The largest absolute Gasteiger partial charge is 0.341 e. The minimum Gasteiger partial charge on any atom is -0.341 e. The molecule has 1 aromatic heterocycles. The number of rotatable bonds is 6. The summed E-state index contributed by atoms with van der Waals surface area (Å²) >= 11 is 7.53. The van der Waals surface area contributed by atoms with Crippen molar-refractivity contribution < 1.29 is 4.79 Å². The average molecular weight is 382 g/mol. The van der Waals surface area contributed by atoms with Crippen LogP contribution < -0.4 is 5.32 Å². The molecule has 0 bridgehead atoms. The lowest BCUT2D eigenvalue weighted by Crippen LogP contribution is -2.27. The Balaban J connectivity index is 1.77. The molecule has 0 aliphatic rings. The molecule has 0 saturated heterocycles. The summed E-state index contributed by atoms with van der Waals surface area (Å²) in [7, 11) is 0. The van der Waals surface area contributed by atoms with Crippen LogP contribution in [0.15, 0.2) is 72.1 Å². The van der Waals surface area contributed by atoms with E-state index in [-0.39, 0.29) is 11.9 Å². The van der Waals surface area contributed by atoms with E-state index >= 15 is 0 Å². The Hall–Kier alpha value is -2.36. The van der Waals surface area contributed by atoms with Gasteiger partial charge in [-0.1, -0.05) is 61.0 Å². The van der Waals surface area contributed by atoms with Gasteiger partial charge in [0.1, 0.15) is 0 Å². The molecule has 0 radical (unpaired) electrons. The molecule has 0 saturated carbocycles. The summed E-state index contributed by atoms with van der Waals surface area (Å²) in [6, 6.07) is 19.7. The monoisotopic (exact) mass is 381 g/mol. The number of benzene rings is 2. The van der Waals surface area contributed by atoms with Crippen molar-refractivity contribution in [2.45, 2.75) is 19.4 Å². The molecule has 26 heavy (non-hydrogen) atoms. The first-order valence-electron chi connectivity index (χ1n) is 8.52. The summed E-state index contributed by atoms with van der Waals surface area (Å²) in [5, 5.41) is 5.82. The van der Waals surface area contributed by atoms with E-state index in [0.29, 0.717) is 5.02 Å². The SMILES string of the molecule is CCc1ccc([C@@H](NC(=O)/C=C/c2ccc(Cl)cc2)c2cccs2)cc1. The number of thiophene rings is 1. The van der Waals surface area contributed by atoms with E-state index in [9.17, 15) is 4.79 Å². The van der Waals surface area contributed by atoms with Crippen molar-refractivity contribution in [3.8, 4) is 0 Å². The van der Waals surface area contributed by atoms with Crippen LogP contribution in [0, 0.1) is 0 Å². The normalized spacial score (nSPS) is 12.2. The Morgan fingerprint density at radius 2 is 1.85 bits per heavy atom. The molecule has 3 rings (SSSR count). The summed E-state index contributed by atoms with van der Waals surface area (Å²) in [4.78, 5) is 13.6. The smallest absolute Gasteiger partial charge is 0.244 e. The van der Waals surface area contributed by atoms with Crippen molar-refractivity contribution in [3.05, 3.63) is 98.7 Å². The van der Waals surface area contributed by atoms with Gasteiger partial charge in [0.2, 0.25) is 5.91 Å². The van der Waals surface area contributed by atoms with Crippen molar-refractivity contribution in [1.29, 1.82) is 0 Å². The first-order chi connectivity index (χ1) is 12.7. The van der Waals surface area contributed by atoms with Gasteiger partial charge in [0.15, 0.2) is 0 Å². The maximum absolute atomic E-state index is 12.5. The molecule has 1 heterocycles. The third-order valence-corrected chi connectivity index (χ3v) is 5.32. The van der Waals surface area contributed by atoms with Gasteiger partial charge in [-0.15, -0.1) is 11.3 Å². The van der Waals surface area contributed by atoms with E-state index in [1.807, 2.05) is 41.8 Å². The highest BCUT2D eigenvalue weighted by Gasteiger charge is 2.16. The van der Waals surface area contributed by atoms with Gasteiger partial charge < -0.3 is 5.32 Å². The summed E-state index contributed by atoms with van der Waals surface area (Å²) < 4.78 is 0. The third kappa shape index (κ3) is 4.84. The van der Waals surface area contributed by atoms with Crippen molar-refractivity contribution in [2.24, 2.45) is 0 Å². The van der Waals surface area contributed by atoms with E-state index in [0.717, 1.165) is 22.4 Å². The molecule has 2 nitrogen and oxygen atoms in total. The number of carbonyl (C=O) groups is 1. The van der Waals surface area contributed by atoms with Crippen LogP contribution in [0.25, 0.3) is 6.08 Å². The number of halogens is 1. The van der Waals surface area contributed by atoms with Gasteiger partial charge in [-0.3, -0.25) is 4.79 Å². The Morgan fingerprint density at radius 3 is 2.46 bits per heavy atom. The fourth-order valence-electron chi connectivity index (χ4n) is 2.66. The molecule has 1 amide bonds. The minimum atomic E-state index is -0.150. The maximum atomic E-state index is 12.5. The predicted molar refractivity (Wildman–Crippen MR) is 111 cm³/mol. The summed E-state index contributed by atoms with van der Waals surface area (Å²) in [5.74, 6) is -0.127. The number of amides is 1. The molecule has 132 valence electrons. The molecule has 0 spiro atoms. The molecule has 1 atom stereocenters. The van der Waals surface area contributed by atoms with Crippen molar-refractivity contribution >= 4 is 34.9 Å². The second kappa shape index (κ2) is 8.84. The quantitative estimate of drug-likeness (QED) is 0.530. The van der Waals surface area contributed by atoms with Gasteiger partial charge in [0.25, 0.3) is 0 Å². The van der Waals surface area contributed by atoms with Crippen LogP contribution in [-0.2, 0) is 11.2 Å². The number of aryl methyl sites for hydroxylation is 1. The van der Waals surface area contributed by atoms with Crippen LogP contribution >= 0.6 is 22.9 Å². The van der Waals surface area contributed by atoms with Gasteiger partial charge in [0, 0.05) is 16.0 Å². The van der Waals surface area contributed by atoms with Crippen molar-refractivity contribution in [1.82, 2.24) is 5.32 Å². The highest BCUT2D eigenvalue weighted by atomic mass is 35.5. The van der Waals surface area contributed by atoms with E-state index in [4.69, 9.17) is 11.6 Å². The number of hydrogen-bond donors (Lipinski definition) is 1. The lowest BCUT2D eigenvalue weighted by atomic mass is 10.0. The Morgan fingerprint density at radius 1 is 1.12 bits per heavy atom. The first-order valence-corrected chi connectivity index (χ1v) is 9.78. The molecule has 2 aromatic carbocycles. The fraction of sp³-hybridized carbons (Fsp3) is 0.136. The summed E-state index contributed by atoms with van der Waals surface area (Å²) in [5.41, 5.74) is 3.30. The highest BCUT2D eigenvalue weighted by Crippen LogP contribution is 2.26. The van der Waals surface area contributed by atoms with Gasteiger partial charge in [-0.25, -0.2) is 0 Å². The number of carbonyl (C=O) groups excluding carboxylic acids is 1. The molecule has 1 N–H and O–H groups in total. The standard InChI is InChI=1S/C22H20ClNOS/c1-2-16-5-10-18(11-6-16)22(20-4-3-15-26-20)24-21(25)14-9-17-7-12-19(23)13-8-17/h3-15,22H,2H2,1H3,(H,24,25)/b14-9+/t22-/m1/s1. The van der Waals surface area contributed by atoms with Crippen LogP contribution in [0.4, 0.5) is 0 Å². The van der Waals surface area contributed by atoms with Crippen LogP contribution in [-0.4, -0.2) is 5.91 Å². The van der Waals surface area contributed by atoms with E-state index < -0.39 is 0 Å². The van der Waals surface area contributed by atoms with E-state index in [1.54, 1.807) is 23.5 Å². The lowest BCUT2D eigenvalue weighted by molar-refractivity contribution is -0.116. The fourth-order valence-corrected chi connectivity index (χ4v) is 3.58. The first kappa shape index (κ1) is 18.4. The van der Waals surface area contributed by atoms with Gasteiger partial charge in [-0.05, 0) is 52.8 Å². The molecule has 0 aliphatic heterocycles. The van der Waals surface area contributed by atoms with Crippen molar-refractivity contribution in [3.63, 3.8) is 0 Å². The van der Waals surface area contributed by atoms with Crippen LogP contribution in [0.2, 0.25) is 5.02 Å². The zero-order valence-electron chi connectivity index (χ0n) is 14.5. The number of nitrogens with one attached hydrogen (secondary N) is 1. The molecule has 0 fully saturated rings. The molecule has 0 unspecified atom stereocenters. The third-order valence-electron chi connectivity index (χ3n) is 4.13. The lowest BCUT2D eigenvalue weighted by Gasteiger charge is -2.17.